The van der Waals surface area contributed by atoms with Crippen LogP contribution in [-0.2, 0) is 4.74 Å². The molecule has 1 aromatic heterocycles. The highest BCUT2D eigenvalue weighted by molar-refractivity contribution is 7.80. The standard InChI is InChI=1S/C20H24FN3O3S2/c1-6-24(7-2)18(25)16-12(4)15(19(26)27-5)17(29-16)23-20(28)22-14-9-8-13(21)10-11(14)3/h8-10H,6-7H2,1-5H3,(H2,22,23,28). The fourth-order valence-corrected chi connectivity index (χ4v) is 4.28. The molecule has 0 aliphatic carbocycles. The average molecular weight is 438 g/mol. The van der Waals surface area contributed by atoms with Crippen molar-refractivity contribution in [2.75, 3.05) is 30.8 Å². The van der Waals surface area contributed by atoms with E-state index < -0.39 is 5.97 Å². The molecular formula is C20H24FN3O3S2. The topological polar surface area (TPSA) is 70.7 Å². The molecule has 0 saturated heterocycles. The van der Waals surface area contributed by atoms with Gasteiger partial charge in [0, 0.05) is 18.8 Å². The fourth-order valence-electron chi connectivity index (χ4n) is 2.83. The summed E-state index contributed by atoms with van der Waals surface area (Å²) in [5.74, 6) is -1.04. The molecule has 156 valence electrons. The summed E-state index contributed by atoms with van der Waals surface area (Å²) in [5, 5.41) is 6.60. The first-order valence-corrected chi connectivity index (χ1v) is 10.3. The highest BCUT2D eigenvalue weighted by atomic mass is 32.1. The number of esters is 1. The van der Waals surface area contributed by atoms with Gasteiger partial charge in [-0.1, -0.05) is 0 Å². The van der Waals surface area contributed by atoms with Crippen molar-refractivity contribution in [3.63, 3.8) is 0 Å². The molecule has 0 atom stereocenters. The predicted octanol–water partition coefficient (Wildman–Crippen LogP) is 4.58. The maximum Gasteiger partial charge on any atom is 0.341 e. The third-order valence-corrected chi connectivity index (χ3v) is 5.84. The molecular weight excluding hydrogens is 413 g/mol. The first-order chi connectivity index (χ1) is 13.7. The number of halogens is 1. The Bertz CT molecular complexity index is 939. The van der Waals surface area contributed by atoms with Crippen LogP contribution in [0.3, 0.4) is 0 Å². The number of hydrogen-bond donors (Lipinski definition) is 2. The summed E-state index contributed by atoms with van der Waals surface area (Å²) in [7, 11) is 1.29. The van der Waals surface area contributed by atoms with Crippen molar-refractivity contribution in [1.29, 1.82) is 0 Å². The number of thiocarbonyl (C=S) groups is 1. The zero-order chi connectivity index (χ0) is 21.7. The molecule has 6 nitrogen and oxygen atoms in total. The quantitative estimate of drug-likeness (QED) is 0.509. The summed E-state index contributed by atoms with van der Waals surface area (Å²) >= 11 is 6.50. The Kier molecular flexibility index (Phi) is 7.69. The van der Waals surface area contributed by atoms with E-state index >= 15 is 0 Å². The lowest BCUT2D eigenvalue weighted by Gasteiger charge is -2.18. The molecule has 29 heavy (non-hydrogen) atoms. The largest absolute Gasteiger partial charge is 0.465 e. The minimum absolute atomic E-state index is 0.149. The highest BCUT2D eigenvalue weighted by Gasteiger charge is 2.27. The summed E-state index contributed by atoms with van der Waals surface area (Å²) < 4.78 is 18.2. The van der Waals surface area contributed by atoms with Gasteiger partial charge in [0.1, 0.15) is 10.8 Å². The summed E-state index contributed by atoms with van der Waals surface area (Å²) in [4.78, 5) is 27.3. The van der Waals surface area contributed by atoms with Crippen molar-refractivity contribution in [2.45, 2.75) is 27.7 Å². The molecule has 2 rings (SSSR count). The number of carbonyl (C=O) groups excluding carboxylic acids is 2. The van der Waals surface area contributed by atoms with E-state index in [2.05, 4.69) is 10.6 Å². The molecule has 1 heterocycles. The number of hydrogen-bond acceptors (Lipinski definition) is 5. The third kappa shape index (κ3) is 5.10. The summed E-state index contributed by atoms with van der Waals surface area (Å²) in [5.41, 5.74) is 2.13. The van der Waals surface area contributed by atoms with E-state index in [1.807, 2.05) is 13.8 Å². The molecule has 2 N–H and O–H groups in total. The van der Waals surface area contributed by atoms with E-state index in [0.29, 0.717) is 39.8 Å². The van der Waals surface area contributed by atoms with Crippen molar-refractivity contribution >= 4 is 51.2 Å². The van der Waals surface area contributed by atoms with Crippen molar-refractivity contribution in [2.24, 2.45) is 0 Å². The lowest BCUT2D eigenvalue weighted by atomic mass is 10.1. The first kappa shape index (κ1) is 22.8. The second kappa shape index (κ2) is 9.80. The Morgan fingerprint density at radius 2 is 1.86 bits per heavy atom. The molecule has 0 bridgehead atoms. The fraction of sp³-hybridized carbons (Fsp3) is 0.350. The van der Waals surface area contributed by atoms with Crippen molar-refractivity contribution in [3.8, 4) is 0 Å². The van der Waals surface area contributed by atoms with Gasteiger partial charge in [-0.3, -0.25) is 4.79 Å². The number of methoxy groups -OCH3 is 1. The SMILES string of the molecule is CCN(CC)C(=O)c1sc(NC(=S)Nc2ccc(F)cc2C)c(C(=O)OC)c1C. The molecule has 1 aromatic carbocycles. The maximum atomic E-state index is 13.3. The number of carbonyl (C=O) groups is 2. The average Bonchev–Trinajstić information content (AvgIpc) is 3.00. The van der Waals surface area contributed by atoms with Gasteiger partial charge in [-0.25, -0.2) is 9.18 Å². The molecule has 0 unspecified atom stereocenters. The van der Waals surface area contributed by atoms with Gasteiger partial charge in [0.25, 0.3) is 5.91 Å². The van der Waals surface area contributed by atoms with E-state index in [1.54, 1.807) is 24.8 Å². The molecule has 2 aromatic rings. The zero-order valence-electron chi connectivity index (χ0n) is 17.0. The molecule has 1 amide bonds. The number of nitrogens with zero attached hydrogens (tertiary/aromatic N) is 1. The third-order valence-electron chi connectivity index (χ3n) is 4.44. The van der Waals surface area contributed by atoms with Crippen molar-refractivity contribution in [1.82, 2.24) is 4.90 Å². The van der Waals surface area contributed by atoms with Crippen LogP contribution in [0.4, 0.5) is 15.1 Å². The van der Waals surface area contributed by atoms with Crippen LogP contribution in [0.25, 0.3) is 0 Å². The van der Waals surface area contributed by atoms with Gasteiger partial charge in [0.15, 0.2) is 5.11 Å². The number of ether oxygens (including phenoxy) is 1. The van der Waals surface area contributed by atoms with Crippen LogP contribution >= 0.6 is 23.6 Å². The van der Waals surface area contributed by atoms with Crippen LogP contribution in [0.5, 0.6) is 0 Å². The molecule has 0 fully saturated rings. The summed E-state index contributed by atoms with van der Waals surface area (Å²) in [6.45, 7) is 8.39. The molecule has 0 radical (unpaired) electrons. The lowest BCUT2D eigenvalue weighted by molar-refractivity contribution is 0.0601. The zero-order valence-corrected chi connectivity index (χ0v) is 18.6. The van der Waals surface area contributed by atoms with E-state index in [9.17, 15) is 14.0 Å². The monoisotopic (exact) mass is 437 g/mol. The van der Waals surface area contributed by atoms with Crippen LogP contribution in [0.2, 0.25) is 0 Å². The van der Waals surface area contributed by atoms with Crippen LogP contribution in [0, 0.1) is 19.7 Å². The molecule has 0 aliphatic rings. The number of nitrogens with one attached hydrogen (secondary N) is 2. The normalized spacial score (nSPS) is 10.4. The highest BCUT2D eigenvalue weighted by Crippen LogP contribution is 2.34. The van der Waals surface area contributed by atoms with Gasteiger partial charge in [-0.05, 0) is 69.2 Å². The lowest BCUT2D eigenvalue weighted by Crippen LogP contribution is -2.30. The van der Waals surface area contributed by atoms with Crippen LogP contribution in [0.15, 0.2) is 18.2 Å². The van der Waals surface area contributed by atoms with E-state index in [0.717, 1.165) is 11.3 Å². The minimum Gasteiger partial charge on any atom is -0.465 e. The number of rotatable bonds is 6. The molecule has 0 saturated carbocycles. The second-order valence-corrected chi connectivity index (χ2v) is 7.70. The van der Waals surface area contributed by atoms with Crippen LogP contribution < -0.4 is 10.6 Å². The van der Waals surface area contributed by atoms with Gasteiger partial charge in [-0.15, -0.1) is 11.3 Å². The Morgan fingerprint density at radius 3 is 2.41 bits per heavy atom. The van der Waals surface area contributed by atoms with Gasteiger partial charge >= 0.3 is 5.97 Å². The summed E-state index contributed by atoms with van der Waals surface area (Å²) in [6.07, 6.45) is 0. The number of thiophene rings is 1. The Morgan fingerprint density at radius 1 is 1.21 bits per heavy atom. The van der Waals surface area contributed by atoms with Crippen molar-refractivity contribution in [3.05, 3.63) is 45.6 Å². The van der Waals surface area contributed by atoms with Crippen LogP contribution in [-0.4, -0.2) is 42.1 Å². The predicted molar refractivity (Wildman–Crippen MR) is 119 cm³/mol. The van der Waals surface area contributed by atoms with Gasteiger partial charge < -0.3 is 20.3 Å². The second-order valence-electron chi connectivity index (χ2n) is 6.27. The van der Waals surface area contributed by atoms with E-state index in [4.69, 9.17) is 17.0 Å². The molecule has 0 spiro atoms. The molecule has 0 aliphatic heterocycles. The number of aryl methyl sites for hydroxylation is 1. The van der Waals surface area contributed by atoms with E-state index in [-0.39, 0.29) is 22.4 Å². The van der Waals surface area contributed by atoms with Gasteiger partial charge in [0.05, 0.1) is 17.6 Å². The number of benzene rings is 1. The maximum absolute atomic E-state index is 13.3. The number of amides is 1. The Hall–Kier alpha value is -2.52. The van der Waals surface area contributed by atoms with Gasteiger partial charge in [-0.2, -0.15) is 0 Å². The Balaban J connectivity index is 2.35. The first-order valence-electron chi connectivity index (χ1n) is 9.08. The minimum atomic E-state index is -0.555. The smallest absolute Gasteiger partial charge is 0.341 e. The van der Waals surface area contributed by atoms with E-state index in [1.165, 1.54) is 19.2 Å². The number of anilines is 2. The Labute approximate surface area is 179 Å². The van der Waals surface area contributed by atoms with Gasteiger partial charge in [0.2, 0.25) is 0 Å². The summed E-state index contributed by atoms with van der Waals surface area (Å²) in [6, 6.07) is 4.30. The molecule has 9 heteroatoms. The van der Waals surface area contributed by atoms with Crippen molar-refractivity contribution < 1.29 is 18.7 Å². The van der Waals surface area contributed by atoms with Crippen LogP contribution in [0.1, 0.15) is 45.0 Å².